The van der Waals surface area contributed by atoms with E-state index >= 15 is 0 Å². The maximum Gasteiger partial charge on any atom is 0.151 e. The Kier molecular flexibility index (Phi) is 4.98. The van der Waals surface area contributed by atoms with Crippen molar-refractivity contribution in [3.05, 3.63) is 34.9 Å². The Morgan fingerprint density at radius 2 is 1.94 bits per heavy atom. The van der Waals surface area contributed by atoms with Crippen molar-refractivity contribution in [3.63, 3.8) is 0 Å². The minimum Gasteiger partial charge on any atom is -0.309 e. The van der Waals surface area contributed by atoms with Crippen LogP contribution < -0.4 is 5.32 Å². The fourth-order valence-electron chi connectivity index (χ4n) is 1.72. The van der Waals surface area contributed by atoms with E-state index in [9.17, 15) is 8.42 Å². The highest BCUT2D eigenvalue weighted by Gasteiger charge is 2.27. The van der Waals surface area contributed by atoms with Crippen LogP contribution in [0.3, 0.4) is 0 Å². The lowest BCUT2D eigenvalue weighted by Crippen LogP contribution is -2.35. The molecule has 1 aromatic rings. The van der Waals surface area contributed by atoms with Gasteiger partial charge in [0, 0.05) is 11.3 Å². The Balaban J connectivity index is 3.14. The molecule has 0 aliphatic heterocycles. The molecule has 0 saturated heterocycles. The van der Waals surface area contributed by atoms with Crippen molar-refractivity contribution in [1.29, 1.82) is 0 Å². The fraction of sp³-hybridized carbons (Fsp3) is 0.500. The number of rotatable bonds is 5. The summed E-state index contributed by atoms with van der Waals surface area (Å²) in [5.41, 5.74) is 0.828. The zero-order valence-electron chi connectivity index (χ0n) is 10.3. The van der Waals surface area contributed by atoms with Gasteiger partial charge in [0.1, 0.15) is 0 Å². The first-order valence-corrected chi connectivity index (χ1v) is 7.87. The van der Waals surface area contributed by atoms with E-state index in [1.807, 2.05) is 25.1 Å². The van der Waals surface area contributed by atoms with Crippen molar-refractivity contribution in [1.82, 2.24) is 5.32 Å². The van der Waals surface area contributed by atoms with Crippen LogP contribution >= 0.6 is 11.6 Å². The molecule has 0 saturated carbocycles. The minimum atomic E-state index is -3.11. The summed E-state index contributed by atoms with van der Waals surface area (Å²) >= 11 is 6.11. The van der Waals surface area contributed by atoms with Crippen LogP contribution in [0.25, 0.3) is 0 Å². The highest BCUT2D eigenvalue weighted by Crippen LogP contribution is 2.27. The van der Waals surface area contributed by atoms with Crippen LogP contribution in [-0.4, -0.2) is 26.5 Å². The van der Waals surface area contributed by atoms with Gasteiger partial charge in [0.05, 0.1) is 11.3 Å². The van der Waals surface area contributed by atoms with Crippen LogP contribution in [0, 0.1) is 0 Å². The molecule has 1 aromatic carbocycles. The van der Waals surface area contributed by atoms with E-state index < -0.39 is 15.1 Å². The summed E-state index contributed by atoms with van der Waals surface area (Å²) in [6.45, 7) is 4.33. The van der Waals surface area contributed by atoms with Crippen LogP contribution in [-0.2, 0) is 9.84 Å². The first-order valence-electron chi connectivity index (χ1n) is 5.54. The third-order valence-corrected chi connectivity index (χ3v) is 4.78. The van der Waals surface area contributed by atoms with Crippen LogP contribution in [0.5, 0.6) is 0 Å². The molecule has 0 aliphatic rings. The monoisotopic (exact) mass is 275 g/mol. The molecule has 3 nitrogen and oxygen atoms in total. The maximum atomic E-state index is 11.6. The van der Waals surface area contributed by atoms with Crippen molar-refractivity contribution in [3.8, 4) is 0 Å². The van der Waals surface area contributed by atoms with Gasteiger partial charge in [-0.3, -0.25) is 0 Å². The molecule has 0 aromatic heterocycles. The molecule has 0 spiro atoms. The highest BCUT2D eigenvalue weighted by atomic mass is 35.5. The van der Waals surface area contributed by atoms with E-state index in [2.05, 4.69) is 5.32 Å². The molecule has 0 aliphatic carbocycles. The number of nitrogens with one attached hydrogen (secondary N) is 1. The third kappa shape index (κ3) is 3.69. The SMILES string of the molecule is CCNC(c1ccccc1Cl)C(C)S(C)(=O)=O. The topological polar surface area (TPSA) is 46.2 Å². The molecule has 1 rings (SSSR count). The zero-order valence-corrected chi connectivity index (χ0v) is 11.8. The third-order valence-electron chi connectivity index (χ3n) is 2.81. The molecule has 96 valence electrons. The second-order valence-corrected chi connectivity index (χ2v) is 6.90. The summed E-state index contributed by atoms with van der Waals surface area (Å²) in [6.07, 6.45) is 1.25. The minimum absolute atomic E-state index is 0.274. The number of hydrogen-bond donors (Lipinski definition) is 1. The van der Waals surface area contributed by atoms with Gasteiger partial charge in [-0.15, -0.1) is 0 Å². The van der Waals surface area contributed by atoms with Crippen molar-refractivity contribution in [2.45, 2.75) is 25.1 Å². The molecule has 0 bridgehead atoms. The summed E-state index contributed by atoms with van der Waals surface area (Å²) in [5, 5.41) is 3.26. The van der Waals surface area contributed by atoms with Crippen molar-refractivity contribution in [2.24, 2.45) is 0 Å². The van der Waals surface area contributed by atoms with Crippen molar-refractivity contribution < 1.29 is 8.42 Å². The quantitative estimate of drug-likeness (QED) is 0.898. The van der Waals surface area contributed by atoms with E-state index in [0.717, 1.165) is 5.56 Å². The first-order chi connectivity index (χ1) is 7.88. The van der Waals surface area contributed by atoms with Gasteiger partial charge >= 0.3 is 0 Å². The molecule has 5 heteroatoms. The molecule has 0 heterocycles. The zero-order chi connectivity index (χ0) is 13.1. The fourth-order valence-corrected chi connectivity index (χ4v) is 2.71. The maximum absolute atomic E-state index is 11.6. The first kappa shape index (κ1) is 14.5. The van der Waals surface area contributed by atoms with Gasteiger partial charge in [-0.1, -0.05) is 36.7 Å². The molecule has 1 N–H and O–H groups in total. The molecule has 0 amide bonds. The number of halogens is 1. The van der Waals surface area contributed by atoms with Gasteiger partial charge < -0.3 is 5.32 Å². The Morgan fingerprint density at radius 3 is 2.41 bits per heavy atom. The summed E-state index contributed by atoms with van der Waals surface area (Å²) in [5.74, 6) is 0. The Bertz CT molecular complexity index is 473. The molecular weight excluding hydrogens is 258 g/mol. The second-order valence-electron chi connectivity index (χ2n) is 4.09. The van der Waals surface area contributed by atoms with E-state index in [0.29, 0.717) is 11.6 Å². The van der Waals surface area contributed by atoms with E-state index in [1.54, 1.807) is 13.0 Å². The lowest BCUT2D eigenvalue weighted by atomic mass is 10.0. The summed E-state index contributed by atoms with van der Waals surface area (Å²) in [7, 11) is -3.11. The number of sulfone groups is 1. The molecule has 17 heavy (non-hydrogen) atoms. The highest BCUT2D eigenvalue weighted by molar-refractivity contribution is 7.91. The Labute approximate surface area is 108 Å². The lowest BCUT2D eigenvalue weighted by Gasteiger charge is -2.24. The van der Waals surface area contributed by atoms with Gasteiger partial charge in [-0.05, 0) is 25.1 Å². The smallest absolute Gasteiger partial charge is 0.151 e. The Morgan fingerprint density at radius 1 is 1.35 bits per heavy atom. The van der Waals surface area contributed by atoms with Crippen LogP contribution in [0.1, 0.15) is 25.5 Å². The standard InChI is InChI=1S/C12H18ClNO2S/c1-4-14-12(9(2)17(3,15)16)10-7-5-6-8-11(10)13/h5-9,12,14H,4H2,1-3H3. The predicted molar refractivity (Wildman–Crippen MR) is 72.2 cm³/mol. The molecule has 2 unspecified atom stereocenters. The van der Waals surface area contributed by atoms with Crippen LogP contribution in [0.15, 0.2) is 24.3 Å². The van der Waals surface area contributed by atoms with Gasteiger partial charge in [-0.25, -0.2) is 8.42 Å². The average Bonchev–Trinajstić information content (AvgIpc) is 2.25. The molecule has 0 radical (unpaired) electrons. The normalized spacial score (nSPS) is 15.5. The average molecular weight is 276 g/mol. The predicted octanol–water partition coefficient (Wildman–Crippen LogP) is 2.42. The van der Waals surface area contributed by atoms with E-state index in [-0.39, 0.29) is 6.04 Å². The number of hydrogen-bond acceptors (Lipinski definition) is 3. The lowest BCUT2D eigenvalue weighted by molar-refractivity contribution is 0.513. The Hall–Kier alpha value is -0.580. The number of benzene rings is 1. The van der Waals surface area contributed by atoms with Crippen LogP contribution in [0.2, 0.25) is 5.02 Å². The molecular formula is C12H18ClNO2S. The molecule has 0 fully saturated rings. The van der Waals surface area contributed by atoms with E-state index in [4.69, 9.17) is 11.6 Å². The summed E-state index contributed by atoms with van der Waals surface area (Å²) in [6, 6.07) is 7.05. The van der Waals surface area contributed by atoms with Crippen molar-refractivity contribution in [2.75, 3.05) is 12.8 Å². The van der Waals surface area contributed by atoms with Crippen LogP contribution in [0.4, 0.5) is 0 Å². The second kappa shape index (κ2) is 5.85. The van der Waals surface area contributed by atoms with E-state index in [1.165, 1.54) is 6.26 Å². The van der Waals surface area contributed by atoms with Gasteiger partial charge in [0.25, 0.3) is 0 Å². The van der Waals surface area contributed by atoms with Gasteiger partial charge in [0.15, 0.2) is 9.84 Å². The summed E-state index contributed by atoms with van der Waals surface area (Å²) < 4.78 is 23.3. The van der Waals surface area contributed by atoms with Gasteiger partial charge in [-0.2, -0.15) is 0 Å². The largest absolute Gasteiger partial charge is 0.309 e. The summed E-state index contributed by atoms with van der Waals surface area (Å²) in [4.78, 5) is 0. The molecule has 2 atom stereocenters. The van der Waals surface area contributed by atoms with Gasteiger partial charge in [0.2, 0.25) is 0 Å². The van der Waals surface area contributed by atoms with Crippen molar-refractivity contribution >= 4 is 21.4 Å².